The van der Waals surface area contributed by atoms with Crippen LogP contribution in [0.25, 0.3) is 11.0 Å². The number of nitrogens with zero attached hydrogens (tertiary/aromatic N) is 5. The molecule has 8 nitrogen and oxygen atoms in total. The van der Waals surface area contributed by atoms with Crippen LogP contribution in [0.15, 0.2) is 48.7 Å². The van der Waals surface area contributed by atoms with Gasteiger partial charge < -0.3 is 24.4 Å². The van der Waals surface area contributed by atoms with E-state index in [1.54, 1.807) is 18.2 Å². The summed E-state index contributed by atoms with van der Waals surface area (Å²) in [5, 5.41) is 9.30. The third kappa shape index (κ3) is 8.14. The molecule has 0 spiro atoms. The van der Waals surface area contributed by atoms with Gasteiger partial charge in [0.15, 0.2) is 11.6 Å². The number of ether oxygens (including phenoxy) is 1. The molecule has 1 N–H and O–H groups in total. The van der Waals surface area contributed by atoms with Crippen LogP contribution in [-0.4, -0.2) is 48.6 Å². The van der Waals surface area contributed by atoms with Crippen molar-refractivity contribution in [3.05, 3.63) is 83.7 Å². The number of rotatable bonds is 8. The molecule has 3 heterocycles. The summed E-state index contributed by atoms with van der Waals surface area (Å²) < 4.78 is 33.1. The number of piperidine rings is 1. The van der Waals surface area contributed by atoms with Gasteiger partial charge in [-0.25, -0.2) is 18.6 Å². The number of benzene rings is 2. The van der Waals surface area contributed by atoms with Crippen LogP contribution in [0.4, 0.5) is 8.78 Å². The molecule has 2 aliphatic rings. The van der Waals surface area contributed by atoms with Crippen molar-refractivity contribution in [2.24, 2.45) is 5.92 Å². The molecule has 1 saturated carbocycles. The Balaban J connectivity index is 0.000000200. The normalized spacial score (nSPS) is 15.4. The standard InChI is InChI=1S/C19H25N3O2.C11H7F2N2O.Os/c23-19(24)15-7-8-16-17(11-15)22(12-14-5-4-6-14)18(20-16)13-21-9-2-1-3-10-21;12-8-2-3-10(9(13)6-8)16-7-11-14-4-1-5-15-11;/h7-8,11,14H,1-6,9-10,12-13H2,(H,23,24);1-4,6H,7H2;/q;-1;+1. The number of hydrogen-bond acceptors (Lipinski definition) is 6. The number of imidazole rings is 1. The van der Waals surface area contributed by atoms with E-state index in [-0.39, 0.29) is 32.1 Å². The Morgan fingerprint density at radius 3 is 2.54 bits per heavy atom. The maximum Gasteiger partial charge on any atom is 1.00 e. The first kappa shape index (κ1) is 30.7. The summed E-state index contributed by atoms with van der Waals surface area (Å²) in [6.07, 6.45) is 11.8. The number of likely N-dealkylation sites (tertiary alicyclic amines) is 1. The second kappa shape index (κ2) is 14.6. The van der Waals surface area contributed by atoms with E-state index >= 15 is 0 Å². The number of halogens is 2. The number of aromatic carboxylic acids is 1. The Bertz CT molecular complexity index is 1440. The van der Waals surface area contributed by atoms with Crippen LogP contribution >= 0.6 is 0 Å². The Kier molecular flexibility index (Phi) is 10.9. The summed E-state index contributed by atoms with van der Waals surface area (Å²) in [6, 6.07) is 9.96. The summed E-state index contributed by atoms with van der Waals surface area (Å²) in [5.41, 5.74) is 2.25. The summed E-state index contributed by atoms with van der Waals surface area (Å²) in [6.45, 7) is 4.16. The Labute approximate surface area is 250 Å². The molecular formula is C30H32F2N5O3Os. The van der Waals surface area contributed by atoms with Gasteiger partial charge in [0.05, 0.1) is 29.0 Å². The molecule has 11 heteroatoms. The first-order chi connectivity index (χ1) is 19.5. The average Bonchev–Trinajstić information content (AvgIpc) is 3.27. The monoisotopic (exact) mass is 740 g/mol. The van der Waals surface area contributed by atoms with Gasteiger partial charge in [-0.1, -0.05) is 25.2 Å². The van der Waals surface area contributed by atoms with Crippen molar-refractivity contribution in [2.45, 2.75) is 58.2 Å². The third-order valence-corrected chi connectivity index (χ3v) is 7.37. The van der Waals surface area contributed by atoms with Crippen LogP contribution < -0.4 is 4.74 Å². The van der Waals surface area contributed by atoms with Gasteiger partial charge in [0, 0.05) is 12.6 Å². The predicted octanol–water partition coefficient (Wildman–Crippen LogP) is 5.65. The van der Waals surface area contributed by atoms with Crippen LogP contribution in [0.2, 0.25) is 0 Å². The van der Waals surface area contributed by atoms with Crippen molar-refractivity contribution in [3.8, 4) is 5.75 Å². The van der Waals surface area contributed by atoms with E-state index in [2.05, 4.69) is 25.6 Å². The Morgan fingerprint density at radius 1 is 1.07 bits per heavy atom. The van der Waals surface area contributed by atoms with E-state index in [4.69, 9.17) is 9.72 Å². The molecule has 1 radical (unpaired) electrons. The van der Waals surface area contributed by atoms with Gasteiger partial charge in [-0.05, 0) is 75.0 Å². The van der Waals surface area contributed by atoms with E-state index in [1.165, 1.54) is 50.8 Å². The van der Waals surface area contributed by atoms with Gasteiger partial charge >= 0.3 is 25.8 Å². The van der Waals surface area contributed by atoms with Crippen LogP contribution in [0.5, 0.6) is 5.75 Å². The fraction of sp³-hybridized carbons (Fsp3) is 0.400. The summed E-state index contributed by atoms with van der Waals surface area (Å²) in [7, 11) is 0. The molecule has 2 fully saturated rings. The van der Waals surface area contributed by atoms with Crippen molar-refractivity contribution in [1.29, 1.82) is 0 Å². The maximum absolute atomic E-state index is 13.1. The topological polar surface area (TPSA) is 93.4 Å². The first-order valence-electron chi connectivity index (χ1n) is 13.7. The van der Waals surface area contributed by atoms with Gasteiger partial charge in [0.25, 0.3) is 0 Å². The van der Waals surface area contributed by atoms with Crippen molar-refractivity contribution >= 4 is 17.0 Å². The molecule has 1 aliphatic heterocycles. The zero-order chi connectivity index (χ0) is 27.9. The molecule has 1 saturated heterocycles. The third-order valence-electron chi connectivity index (χ3n) is 7.37. The van der Waals surface area contributed by atoms with E-state index < -0.39 is 17.6 Å². The fourth-order valence-corrected chi connectivity index (χ4v) is 4.98. The first-order valence-corrected chi connectivity index (χ1v) is 13.7. The molecule has 4 aromatic rings. The van der Waals surface area contributed by atoms with Gasteiger partial charge in [-0.15, -0.1) is 6.07 Å². The van der Waals surface area contributed by atoms with Crippen molar-refractivity contribution in [3.63, 3.8) is 0 Å². The molecule has 41 heavy (non-hydrogen) atoms. The van der Waals surface area contributed by atoms with Crippen LogP contribution in [-0.2, 0) is 39.5 Å². The predicted molar refractivity (Wildman–Crippen MR) is 145 cm³/mol. The van der Waals surface area contributed by atoms with Gasteiger partial charge in [0.1, 0.15) is 18.2 Å². The van der Waals surface area contributed by atoms with Crippen LogP contribution in [0.3, 0.4) is 0 Å². The minimum absolute atomic E-state index is 0. The number of hydrogen-bond donors (Lipinski definition) is 1. The Hall–Kier alpha value is -3.28. The van der Waals surface area contributed by atoms with Gasteiger partial charge in [0.2, 0.25) is 0 Å². The molecule has 2 aromatic heterocycles. The number of fused-ring (bicyclic) bond motifs is 1. The molecule has 6 rings (SSSR count). The Morgan fingerprint density at radius 2 is 1.88 bits per heavy atom. The molecular weight excluding hydrogens is 707 g/mol. The summed E-state index contributed by atoms with van der Waals surface area (Å²) >= 11 is 0. The zero-order valence-corrected chi connectivity index (χ0v) is 25.1. The van der Waals surface area contributed by atoms with E-state index in [0.717, 1.165) is 61.1 Å². The van der Waals surface area contributed by atoms with Crippen molar-refractivity contribution in [2.75, 3.05) is 13.1 Å². The second-order valence-corrected chi connectivity index (χ2v) is 10.2. The molecule has 0 amide bonds. The fourth-order valence-electron chi connectivity index (χ4n) is 4.98. The molecule has 2 aromatic carbocycles. The minimum atomic E-state index is -0.870. The molecule has 0 atom stereocenters. The maximum atomic E-state index is 13.1. The van der Waals surface area contributed by atoms with E-state index in [0.29, 0.717) is 11.4 Å². The minimum Gasteiger partial charge on any atom is -0.495 e. The van der Waals surface area contributed by atoms with Crippen LogP contribution in [0.1, 0.15) is 60.5 Å². The largest absolute Gasteiger partial charge is 1.00 e. The zero-order valence-electron chi connectivity index (χ0n) is 22.6. The number of carboxylic acids is 1. The van der Waals surface area contributed by atoms with Gasteiger partial charge in [-0.2, -0.15) is 0 Å². The molecule has 1 aliphatic carbocycles. The van der Waals surface area contributed by atoms with Gasteiger partial charge in [-0.3, -0.25) is 4.90 Å². The van der Waals surface area contributed by atoms with Crippen molar-refractivity contribution in [1.82, 2.24) is 24.4 Å². The smallest absolute Gasteiger partial charge is 0.495 e. The number of aromatic nitrogens is 4. The second-order valence-electron chi connectivity index (χ2n) is 10.2. The van der Waals surface area contributed by atoms with Crippen LogP contribution in [0, 0.1) is 23.7 Å². The van der Waals surface area contributed by atoms with E-state index in [1.807, 2.05) is 6.07 Å². The average molecular weight is 739 g/mol. The quantitative estimate of drug-likeness (QED) is 0.234. The van der Waals surface area contributed by atoms with E-state index in [9.17, 15) is 18.7 Å². The summed E-state index contributed by atoms with van der Waals surface area (Å²) in [4.78, 5) is 26.3. The molecule has 0 bridgehead atoms. The SMILES string of the molecule is Fc1ccc(OCc2n[c-]ccn2)c(F)c1.O=C(O)c1ccc2nc(CN3CCCCC3)n(CC3CCC3)c2c1.[Os+]. The molecule has 0 unspecified atom stereocenters. The van der Waals surface area contributed by atoms with Crippen molar-refractivity contribution < 1.29 is 43.2 Å². The number of carbonyl (C=O) groups is 1. The number of carboxylic acid groups (broad SMARTS) is 1. The molecule has 217 valence electrons. The summed E-state index contributed by atoms with van der Waals surface area (Å²) in [5.74, 6) is -0.0997.